The van der Waals surface area contributed by atoms with Crippen molar-refractivity contribution < 1.29 is 30.7 Å². The third-order valence-electron chi connectivity index (χ3n) is 4.29. The van der Waals surface area contributed by atoms with Gasteiger partial charge in [0.15, 0.2) is 0 Å². The van der Waals surface area contributed by atoms with Gasteiger partial charge in [-0.2, -0.15) is 21.6 Å². The van der Waals surface area contributed by atoms with Crippen LogP contribution in [0.15, 0.2) is 59.0 Å². The zero-order valence-corrected chi connectivity index (χ0v) is 17.6. The molecule has 0 radical (unpaired) electrons. The minimum Gasteiger partial charge on any atom is -0.493 e. The largest absolute Gasteiger partial charge is 0.516 e. The molecule has 0 spiro atoms. The fourth-order valence-corrected chi connectivity index (χ4v) is 3.36. The van der Waals surface area contributed by atoms with Crippen molar-refractivity contribution >= 4 is 15.7 Å². The Morgan fingerprint density at radius 2 is 1.71 bits per heavy atom. The monoisotopic (exact) mass is 454 g/mol. The van der Waals surface area contributed by atoms with Crippen LogP contribution in [0.2, 0.25) is 0 Å². The van der Waals surface area contributed by atoms with Crippen molar-refractivity contribution in [3.05, 3.63) is 66.1 Å². The number of nitrogens with one attached hydrogen (secondary N) is 1. The first-order valence-electron chi connectivity index (χ1n) is 9.44. The number of hydrogen-bond donors (Lipinski definition) is 1. The molecule has 1 aromatic heterocycles. The van der Waals surface area contributed by atoms with Gasteiger partial charge in [-0.25, -0.2) is 4.98 Å². The van der Waals surface area contributed by atoms with Gasteiger partial charge >= 0.3 is 15.5 Å². The average Bonchev–Trinajstić information content (AvgIpc) is 3.13. The van der Waals surface area contributed by atoms with Gasteiger partial charge < -0.3 is 9.15 Å². The second kappa shape index (κ2) is 9.01. The summed E-state index contributed by atoms with van der Waals surface area (Å²) in [6.45, 7) is 4.26. The number of oxazole rings is 1. The highest BCUT2D eigenvalue weighted by atomic mass is 32.2. The molecule has 10 heteroatoms. The summed E-state index contributed by atoms with van der Waals surface area (Å²) in [5, 5.41) is 0. The first-order valence-corrected chi connectivity index (χ1v) is 10.9. The van der Waals surface area contributed by atoms with E-state index in [4.69, 9.17) is 9.15 Å². The van der Waals surface area contributed by atoms with E-state index in [1.807, 2.05) is 44.2 Å². The number of ether oxygens (including phenoxy) is 1. The number of hydrogen-bond acceptors (Lipinski definition) is 5. The molecule has 0 saturated heterocycles. The summed E-state index contributed by atoms with van der Waals surface area (Å²) >= 11 is 0. The first kappa shape index (κ1) is 22.7. The summed E-state index contributed by atoms with van der Waals surface area (Å²) in [4.78, 5) is 4.58. The van der Waals surface area contributed by atoms with Crippen molar-refractivity contribution in [3.8, 4) is 17.2 Å². The topological polar surface area (TPSA) is 81.4 Å². The molecule has 0 saturated carbocycles. The first-order chi connectivity index (χ1) is 14.6. The van der Waals surface area contributed by atoms with Gasteiger partial charge in [-0.3, -0.25) is 4.72 Å². The van der Waals surface area contributed by atoms with E-state index in [2.05, 4.69) is 4.98 Å². The molecule has 3 rings (SSSR count). The number of alkyl halides is 3. The van der Waals surface area contributed by atoms with E-state index in [0.717, 1.165) is 17.0 Å². The molecule has 1 heterocycles. The number of aromatic nitrogens is 1. The summed E-state index contributed by atoms with van der Waals surface area (Å²) < 4.78 is 72.6. The van der Waals surface area contributed by atoms with Gasteiger partial charge in [0.25, 0.3) is 0 Å². The number of sulfonamides is 1. The van der Waals surface area contributed by atoms with Crippen molar-refractivity contribution in [3.63, 3.8) is 0 Å². The van der Waals surface area contributed by atoms with Gasteiger partial charge in [0, 0.05) is 23.6 Å². The number of anilines is 1. The molecule has 1 N–H and O–H groups in total. The third-order valence-corrected chi connectivity index (χ3v) is 5.41. The third kappa shape index (κ3) is 5.57. The Kier molecular flexibility index (Phi) is 6.59. The molecular formula is C21H21F3N2O4S. The Bertz CT molecular complexity index is 1110. The molecule has 0 unspecified atom stereocenters. The van der Waals surface area contributed by atoms with Gasteiger partial charge in [0.05, 0.1) is 12.3 Å². The van der Waals surface area contributed by atoms with Crippen molar-refractivity contribution in [2.45, 2.75) is 31.7 Å². The van der Waals surface area contributed by atoms with Gasteiger partial charge in [0.1, 0.15) is 11.5 Å². The van der Waals surface area contributed by atoms with E-state index in [9.17, 15) is 21.6 Å². The molecule has 0 aliphatic carbocycles. The van der Waals surface area contributed by atoms with E-state index in [-0.39, 0.29) is 18.2 Å². The summed E-state index contributed by atoms with van der Waals surface area (Å²) in [5.41, 5.74) is -3.96. The highest BCUT2D eigenvalue weighted by Gasteiger charge is 2.46. The van der Waals surface area contributed by atoms with Crippen LogP contribution in [0.25, 0.3) is 11.5 Å². The molecule has 0 aliphatic rings. The van der Waals surface area contributed by atoms with E-state index in [1.54, 1.807) is 0 Å². The normalized spacial score (nSPS) is 12.2. The van der Waals surface area contributed by atoms with Crippen LogP contribution >= 0.6 is 0 Å². The van der Waals surface area contributed by atoms with Crippen LogP contribution in [-0.2, 0) is 16.4 Å². The molecule has 0 aliphatic heterocycles. The van der Waals surface area contributed by atoms with Crippen LogP contribution in [0.3, 0.4) is 0 Å². The number of halogens is 3. The van der Waals surface area contributed by atoms with Crippen molar-refractivity contribution in [1.29, 1.82) is 0 Å². The fourth-order valence-electron chi connectivity index (χ4n) is 2.80. The second-order valence-electron chi connectivity index (χ2n) is 7.02. The van der Waals surface area contributed by atoms with Crippen LogP contribution in [0, 0.1) is 0 Å². The fraction of sp³-hybridized carbons (Fsp3) is 0.286. The summed E-state index contributed by atoms with van der Waals surface area (Å²) in [6.07, 6.45) is 0.465. The van der Waals surface area contributed by atoms with Gasteiger partial charge in [-0.05, 0) is 36.4 Å². The minimum atomic E-state index is -5.46. The van der Waals surface area contributed by atoms with E-state index >= 15 is 0 Å². The zero-order valence-electron chi connectivity index (χ0n) is 16.8. The van der Waals surface area contributed by atoms with Crippen molar-refractivity contribution in [2.75, 3.05) is 11.3 Å². The Morgan fingerprint density at radius 3 is 2.29 bits per heavy atom. The Hall–Kier alpha value is -3.01. The molecule has 3 aromatic rings. The quantitative estimate of drug-likeness (QED) is 0.496. The maximum absolute atomic E-state index is 12.4. The van der Waals surface area contributed by atoms with Gasteiger partial charge in [0.2, 0.25) is 5.89 Å². The average molecular weight is 454 g/mol. The van der Waals surface area contributed by atoms with Crippen molar-refractivity contribution in [1.82, 2.24) is 4.98 Å². The Morgan fingerprint density at radius 1 is 1.06 bits per heavy atom. The molecule has 2 aromatic carbocycles. The standard InChI is InChI=1S/C21H21F3N2O4S/c1-14(2)19-18(25-20(30-19)15-6-4-3-5-7-15)12-13-29-17-10-8-16(9-11-17)26-31(27,28)21(22,23)24/h3-11,14,26H,12-13H2,1-2H3. The Balaban J connectivity index is 1.63. The highest BCUT2D eigenvalue weighted by molar-refractivity contribution is 7.93. The molecule has 0 bridgehead atoms. The van der Waals surface area contributed by atoms with E-state index in [1.165, 1.54) is 29.0 Å². The molecule has 31 heavy (non-hydrogen) atoms. The van der Waals surface area contributed by atoms with Gasteiger partial charge in [-0.1, -0.05) is 32.0 Å². The van der Waals surface area contributed by atoms with E-state index in [0.29, 0.717) is 18.1 Å². The molecule has 0 atom stereocenters. The van der Waals surface area contributed by atoms with Gasteiger partial charge in [-0.15, -0.1) is 0 Å². The molecule has 6 nitrogen and oxygen atoms in total. The molecule has 166 valence electrons. The summed E-state index contributed by atoms with van der Waals surface area (Å²) in [5.74, 6) is 1.80. The van der Waals surface area contributed by atoms with Crippen molar-refractivity contribution in [2.24, 2.45) is 0 Å². The van der Waals surface area contributed by atoms with Crippen LogP contribution < -0.4 is 9.46 Å². The van der Waals surface area contributed by atoms with Crippen LogP contribution in [-0.4, -0.2) is 25.5 Å². The number of nitrogens with zero attached hydrogens (tertiary/aromatic N) is 1. The predicted molar refractivity (Wildman–Crippen MR) is 110 cm³/mol. The number of rotatable bonds is 8. The molecule has 0 amide bonds. The smallest absolute Gasteiger partial charge is 0.493 e. The maximum atomic E-state index is 12.4. The lowest BCUT2D eigenvalue weighted by molar-refractivity contribution is -0.0429. The van der Waals surface area contributed by atoms with E-state index < -0.39 is 15.5 Å². The number of benzene rings is 2. The SMILES string of the molecule is CC(C)c1oc(-c2ccccc2)nc1CCOc1ccc(NS(=O)(=O)C(F)(F)F)cc1. The lowest BCUT2D eigenvalue weighted by Crippen LogP contribution is -2.29. The highest BCUT2D eigenvalue weighted by Crippen LogP contribution is 2.28. The summed E-state index contributed by atoms with van der Waals surface area (Å²) in [7, 11) is -5.46. The maximum Gasteiger partial charge on any atom is 0.516 e. The predicted octanol–water partition coefficient (Wildman–Crippen LogP) is 5.35. The zero-order chi connectivity index (χ0) is 22.6. The van der Waals surface area contributed by atoms with Crippen LogP contribution in [0.5, 0.6) is 5.75 Å². The lowest BCUT2D eigenvalue weighted by atomic mass is 10.1. The minimum absolute atomic E-state index is 0.126. The molecular weight excluding hydrogens is 433 g/mol. The van der Waals surface area contributed by atoms with Crippen LogP contribution in [0.1, 0.15) is 31.2 Å². The lowest BCUT2D eigenvalue weighted by Gasteiger charge is -2.11. The van der Waals surface area contributed by atoms with Crippen LogP contribution in [0.4, 0.5) is 18.9 Å². The Labute approximate surface area is 178 Å². The summed E-state index contributed by atoms with van der Waals surface area (Å²) in [6, 6.07) is 14.7. The molecule has 0 fully saturated rings. The second-order valence-corrected chi connectivity index (χ2v) is 8.70.